The Morgan fingerprint density at radius 2 is 1.78 bits per heavy atom. The van der Waals surface area contributed by atoms with Crippen LogP contribution >= 0.6 is 0 Å². The summed E-state index contributed by atoms with van der Waals surface area (Å²) in [5, 5.41) is 9.10. The number of rotatable bonds is 2. The maximum Gasteiger partial charge on any atom is 0.426 e. The summed E-state index contributed by atoms with van der Waals surface area (Å²) in [5.74, 6) is -3.05. The Morgan fingerprint density at radius 1 is 1.09 bits per heavy atom. The first-order valence-electron chi connectivity index (χ1n) is 7.01. The van der Waals surface area contributed by atoms with Gasteiger partial charge in [0.15, 0.2) is 0 Å². The lowest BCUT2D eigenvalue weighted by atomic mass is 9.88. The van der Waals surface area contributed by atoms with E-state index in [1.54, 1.807) is 48.5 Å². The van der Waals surface area contributed by atoms with Gasteiger partial charge in [-0.1, -0.05) is 48.5 Å². The summed E-state index contributed by atoms with van der Waals surface area (Å²) in [5.41, 5.74) is 1.72. The molecule has 0 aromatic heterocycles. The normalized spacial score (nSPS) is 20.5. The van der Waals surface area contributed by atoms with Crippen LogP contribution in [0.4, 0.5) is 13.2 Å². The molecule has 0 aliphatic carbocycles. The molecular formula is C17H13F3O3. The fourth-order valence-corrected chi connectivity index (χ4v) is 2.79. The molecule has 0 bridgehead atoms. The second-order valence-corrected chi connectivity index (χ2v) is 5.39. The lowest BCUT2D eigenvalue weighted by molar-refractivity contribution is -0.217. The fourth-order valence-electron chi connectivity index (χ4n) is 2.79. The van der Waals surface area contributed by atoms with Crippen LogP contribution in [0.3, 0.4) is 0 Å². The van der Waals surface area contributed by atoms with Gasteiger partial charge in [0.2, 0.25) is 6.10 Å². The molecular weight excluding hydrogens is 309 g/mol. The van der Waals surface area contributed by atoms with E-state index in [4.69, 9.17) is 9.84 Å². The highest BCUT2D eigenvalue weighted by Crippen LogP contribution is 2.43. The monoisotopic (exact) mass is 322 g/mol. The molecule has 3 rings (SSSR count). The van der Waals surface area contributed by atoms with Gasteiger partial charge in [0, 0.05) is 5.56 Å². The van der Waals surface area contributed by atoms with Crippen molar-refractivity contribution in [2.45, 2.75) is 18.7 Å². The Labute approximate surface area is 130 Å². The zero-order valence-electron chi connectivity index (χ0n) is 11.9. The van der Waals surface area contributed by atoms with Gasteiger partial charge in [-0.15, -0.1) is 0 Å². The summed E-state index contributed by atoms with van der Waals surface area (Å²) >= 11 is 0. The predicted octanol–water partition coefficient (Wildman–Crippen LogP) is 3.92. The highest BCUT2D eigenvalue weighted by atomic mass is 19.4. The SMILES string of the molecule is O=C(O)C1Cc2cccc(-c3ccccc3)c2OC1C(F)(F)F. The molecule has 0 fully saturated rings. The average Bonchev–Trinajstić information content (AvgIpc) is 2.53. The second-order valence-electron chi connectivity index (χ2n) is 5.39. The third-order valence-corrected chi connectivity index (χ3v) is 3.87. The van der Waals surface area contributed by atoms with Crippen molar-refractivity contribution >= 4 is 5.97 Å². The number of fused-ring (bicyclic) bond motifs is 1. The van der Waals surface area contributed by atoms with Crippen molar-refractivity contribution in [2.75, 3.05) is 0 Å². The number of benzene rings is 2. The summed E-state index contributed by atoms with van der Waals surface area (Å²) in [6, 6.07) is 13.9. The van der Waals surface area contributed by atoms with E-state index in [1.165, 1.54) is 0 Å². The number of alkyl halides is 3. The minimum absolute atomic E-state index is 0.110. The van der Waals surface area contributed by atoms with Gasteiger partial charge in [-0.3, -0.25) is 4.79 Å². The average molecular weight is 322 g/mol. The Bertz CT molecular complexity index is 726. The first-order chi connectivity index (χ1) is 10.9. The van der Waals surface area contributed by atoms with Crippen LogP contribution in [0.1, 0.15) is 5.56 Å². The Morgan fingerprint density at radius 3 is 2.39 bits per heavy atom. The van der Waals surface area contributed by atoms with Crippen molar-refractivity contribution in [1.82, 2.24) is 0 Å². The number of carboxylic acids is 1. The van der Waals surface area contributed by atoms with E-state index in [9.17, 15) is 18.0 Å². The summed E-state index contributed by atoms with van der Waals surface area (Å²) in [7, 11) is 0. The van der Waals surface area contributed by atoms with Gasteiger partial charge in [0.25, 0.3) is 0 Å². The lowest BCUT2D eigenvalue weighted by Gasteiger charge is -2.33. The number of halogens is 3. The van der Waals surface area contributed by atoms with Gasteiger partial charge < -0.3 is 9.84 Å². The number of carboxylic acid groups (broad SMARTS) is 1. The largest absolute Gasteiger partial charge is 0.481 e. The smallest absolute Gasteiger partial charge is 0.426 e. The molecule has 0 radical (unpaired) electrons. The molecule has 2 atom stereocenters. The zero-order chi connectivity index (χ0) is 16.6. The number of para-hydroxylation sites is 1. The molecule has 0 saturated heterocycles. The molecule has 1 N–H and O–H groups in total. The van der Waals surface area contributed by atoms with Gasteiger partial charge in [-0.2, -0.15) is 13.2 Å². The Hall–Kier alpha value is -2.50. The number of hydrogen-bond donors (Lipinski definition) is 1. The first kappa shape index (κ1) is 15.4. The van der Waals surface area contributed by atoms with Gasteiger partial charge in [-0.05, 0) is 17.5 Å². The Kier molecular flexibility index (Phi) is 3.75. The van der Waals surface area contributed by atoms with Crippen LogP contribution < -0.4 is 4.74 Å². The van der Waals surface area contributed by atoms with Crippen molar-refractivity contribution in [3.63, 3.8) is 0 Å². The molecule has 0 spiro atoms. The zero-order valence-corrected chi connectivity index (χ0v) is 11.9. The van der Waals surface area contributed by atoms with Crippen LogP contribution in [0, 0.1) is 5.92 Å². The number of carbonyl (C=O) groups is 1. The predicted molar refractivity (Wildman–Crippen MR) is 77.2 cm³/mol. The van der Waals surface area contributed by atoms with Gasteiger partial charge in [0.1, 0.15) is 11.7 Å². The first-order valence-corrected chi connectivity index (χ1v) is 7.01. The number of hydrogen-bond acceptors (Lipinski definition) is 2. The summed E-state index contributed by atoms with van der Waals surface area (Å²) < 4.78 is 44.7. The van der Waals surface area contributed by atoms with E-state index in [2.05, 4.69) is 0 Å². The van der Waals surface area contributed by atoms with Crippen molar-refractivity contribution in [1.29, 1.82) is 0 Å². The molecule has 2 aromatic carbocycles. The van der Waals surface area contributed by atoms with E-state index < -0.39 is 24.2 Å². The molecule has 0 saturated carbocycles. The molecule has 1 aliphatic rings. The molecule has 1 aliphatic heterocycles. The molecule has 0 amide bonds. The Balaban J connectivity index is 2.10. The van der Waals surface area contributed by atoms with Crippen molar-refractivity contribution in [3.8, 4) is 16.9 Å². The molecule has 1 heterocycles. The van der Waals surface area contributed by atoms with E-state index in [-0.39, 0.29) is 12.2 Å². The van der Waals surface area contributed by atoms with Crippen LogP contribution in [-0.4, -0.2) is 23.4 Å². The maximum absolute atomic E-state index is 13.2. The van der Waals surface area contributed by atoms with E-state index in [0.29, 0.717) is 11.1 Å². The van der Waals surface area contributed by atoms with Crippen LogP contribution in [0.2, 0.25) is 0 Å². The third kappa shape index (κ3) is 2.88. The lowest BCUT2D eigenvalue weighted by Crippen LogP contribution is -2.47. The maximum atomic E-state index is 13.2. The fraction of sp³-hybridized carbons (Fsp3) is 0.235. The van der Waals surface area contributed by atoms with E-state index in [0.717, 1.165) is 5.56 Å². The highest BCUT2D eigenvalue weighted by molar-refractivity contribution is 5.76. The minimum atomic E-state index is -4.75. The van der Waals surface area contributed by atoms with E-state index in [1.807, 2.05) is 0 Å². The quantitative estimate of drug-likeness (QED) is 0.911. The van der Waals surface area contributed by atoms with Crippen LogP contribution in [0.15, 0.2) is 48.5 Å². The molecule has 2 unspecified atom stereocenters. The highest BCUT2D eigenvalue weighted by Gasteiger charge is 2.52. The van der Waals surface area contributed by atoms with Crippen molar-refractivity contribution in [3.05, 3.63) is 54.1 Å². The molecule has 120 valence electrons. The van der Waals surface area contributed by atoms with Gasteiger partial charge in [-0.25, -0.2) is 0 Å². The molecule has 2 aromatic rings. The van der Waals surface area contributed by atoms with Gasteiger partial charge >= 0.3 is 12.1 Å². The number of aliphatic carboxylic acids is 1. The molecule has 6 heteroatoms. The van der Waals surface area contributed by atoms with Gasteiger partial charge in [0.05, 0.1) is 0 Å². The third-order valence-electron chi connectivity index (χ3n) is 3.87. The second kappa shape index (κ2) is 5.61. The number of ether oxygens (including phenoxy) is 1. The standard InChI is InChI=1S/C17H13F3O3/c18-17(19,20)15-13(16(21)22)9-11-7-4-8-12(14(11)23-15)10-5-2-1-3-6-10/h1-8,13,15H,9H2,(H,21,22). The van der Waals surface area contributed by atoms with Crippen LogP contribution in [0.5, 0.6) is 5.75 Å². The van der Waals surface area contributed by atoms with Crippen LogP contribution in [-0.2, 0) is 11.2 Å². The van der Waals surface area contributed by atoms with Crippen molar-refractivity contribution < 1.29 is 27.8 Å². The summed E-state index contributed by atoms with van der Waals surface area (Å²) in [6.07, 6.45) is -7.31. The summed E-state index contributed by atoms with van der Waals surface area (Å²) in [6.45, 7) is 0. The van der Waals surface area contributed by atoms with E-state index >= 15 is 0 Å². The summed E-state index contributed by atoms with van der Waals surface area (Å²) in [4.78, 5) is 11.2. The molecule has 23 heavy (non-hydrogen) atoms. The molecule has 3 nitrogen and oxygen atoms in total. The topological polar surface area (TPSA) is 46.5 Å². The van der Waals surface area contributed by atoms with Crippen molar-refractivity contribution in [2.24, 2.45) is 5.92 Å². The minimum Gasteiger partial charge on any atom is -0.481 e. The van der Waals surface area contributed by atoms with Crippen LogP contribution in [0.25, 0.3) is 11.1 Å².